The third-order valence-corrected chi connectivity index (χ3v) is 5.29. The summed E-state index contributed by atoms with van der Waals surface area (Å²) >= 11 is 0. The molecular formula is C23H24N6O2. The summed E-state index contributed by atoms with van der Waals surface area (Å²) in [6, 6.07) is 12.5. The van der Waals surface area contributed by atoms with Crippen LogP contribution in [0.5, 0.6) is 0 Å². The molecule has 31 heavy (non-hydrogen) atoms. The third-order valence-electron chi connectivity index (χ3n) is 5.29. The predicted octanol–water partition coefficient (Wildman–Crippen LogP) is 2.66. The smallest absolute Gasteiger partial charge is 0.251 e. The van der Waals surface area contributed by atoms with Crippen molar-refractivity contribution in [1.29, 1.82) is 0 Å². The van der Waals surface area contributed by atoms with Crippen LogP contribution in [-0.4, -0.2) is 39.9 Å². The van der Waals surface area contributed by atoms with E-state index in [0.717, 1.165) is 37.4 Å². The van der Waals surface area contributed by atoms with Gasteiger partial charge in [-0.15, -0.1) is 0 Å². The van der Waals surface area contributed by atoms with Crippen LogP contribution in [0.4, 0.5) is 11.5 Å². The van der Waals surface area contributed by atoms with Crippen molar-refractivity contribution in [2.45, 2.75) is 19.4 Å². The first kappa shape index (κ1) is 20.5. The molecule has 1 fully saturated rings. The molecule has 2 amide bonds. The average Bonchev–Trinajstić information content (AvgIpc) is 2.84. The molecule has 1 aliphatic heterocycles. The van der Waals surface area contributed by atoms with Gasteiger partial charge in [-0.2, -0.15) is 0 Å². The van der Waals surface area contributed by atoms with Crippen molar-refractivity contribution in [3.8, 4) is 0 Å². The lowest BCUT2D eigenvalue weighted by molar-refractivity contribution is -0.120. The number of nitrogens with one attached hydrogen (secondary N) is 2. The number of rotatable bonds is 6. The van der Waals surface area contributed by atoms with Gasteiger partial charge < -0.3 is 15.5 Å². The van der Waals surface area contributed by atoms with Crippen LogP contribution in [0.1, 0.15) is 28.9 Å². The third kappa shape index (κ3) is 5.42. The number of hydrogen-bond donors (Lipinski definition) is 2. The summed E-state index contributed by atoms with van der Waals surface area (Å²) in [5, 5.41) is 5.81. The molecule has 0 atom stereocenters. The zero-order valence-corrected chi connectivity index (χ0v) is 17.1. The lowest BCUT2D eigenvalue weighted by Gasteiger charge is -2.31. The number of carbonyl (C=O) groups excluding carboxylic acids is 2. The maximum atomic E-state index is 12.7. The molecule has 0 radical (unpaired) electrons. The molecule has 158 valence electrons. The predicted molar refractivity (Wildman–Crippen MR) is 117 cm³/mol. The van der Waals surface area contributed by atoms with Crippen LogP contribution in [0.25, 0.3) is 0 Å². The fourth-order valence-corrected chi connectivity index (χ4v) is 3.58. The highest BCUT2D eigenvalue weighted by Gasteiger charge is 2.25. The lowest BCUT2D eigenvalue weighted by atomic mass is 9.96. The molecule has 2 aromatic heterocycles. The van der Waals surface area contributed by atoms with E-state index in [1.54, 1.807) is 49.1 Å². The van der Waals surface area contributed by atoms with E-state index >= 15 is 0 Å². The van der Waals surface area contributed by atoms with E-state index < -0.39 is 0 Å². The van der Waals surface area contributed by atoms with Gasteiger partial charge in [0.1, 0.15) is 5.82 Å². The number of hydrogen-bond acceptors (Lipinski definition) is 6. The van der Waals surface area contributed by atoms with Gasteiger partial charge in [-0.25, -0.2) is 4.98 Å². The quantitative estimate of drug-likeness (QED) is 0.641. The lowest BCUT2D eigenvalue weighted by Crippen LogP contribution is -2.38. The zero-order chi connectivity index (χ0) is 21.5. The SMILES string of the molecule is O=C(NCc1ccccn1)c1cccc(NC(=O)C2CCN(c3cnccn3)CC2)c1. The van der Waals surface area contributed by atoms with Gasteiger partial charge in [0.05, 0.1) is 18.4 Å². The van der Waals surface area contributed by atoms with Gasteiger partial charge in [-0.1, -0.05) is 12.1 Å². The highest BCUT2D eigenvalue weighted by Crippen LogP contribution is 2.23. The molecule has 0 spiro atoms. The van der Waals surface area contributed by atoms with Gasteiger partial charge in [0.2, 0.25) is 5.91 Å². The summed E-state index contributed by atoms with van der Waals surface area (Å²) in [7, 11) is 0. The summed E-state index contributed by atoms with van der Waals surface area (Å²) in [4.78, 5) is 40.0. The second-order valence-corrected chi connectivity index (χ2v) is 7.40. The Morgan fingerprint density at radius 3 is 2.61 bits per heavy atom. The van der Waals surface area contributed by atoms with Crippen molar-refractivity contribution < 1.29 is 9.59 Å². The van der Waals surface area contributed by atoms with E-state index in [4.69, 9.17) is 0 Å². The van der Waals surface area contributed by atoms with Crippen molar-refractivity contribution >= 4 is 23.3 Å². The number of carbonyl (C=O) groups is 2. The van der Waals surface area contributed by atoms with E-state index in [9.17, 15) is 9.59 Å². The number of anilines is 2. The van der Waals surface area contributed by atoms with Gasteiger partial charge in [-0.05, 0) is 43.2 Å². The van der Waals surface area contributed by atoms with Crippen LogP contribution in [0.2, 0.25) is 0 Å². The van der Waals surface area contributed by atoms with Crippen molar-refractivity contribution in [2.75, 3.05) is 23.3 Å². The van der Waals surface area contributed by atoms with Crippen LogP contribution in [0.15, 0.2) is 67.3 Å². The zero-order valence-electron chi connectivity index (χ0n) is 17.1. The monoisotopic (exact) mass is 416 g/mol. The standard InChI is InChI=1S/C23H24N6O2/c30-22(27-15-20-5-1-2-9-25-20)18-4-3-6-19(14-18)28-23(31)17-7-12-29(13-8-17)21-16-24-10-11-26-21/h1-6,9-11,14,16-17H,7-8,12-13,15H2,(H,27,30)(H,28,31). The Labute approximate surface area is 180 Å². The first-order chi connectivity index (χ1) is 15.2. The number of amides is 2. The molecule has 0 saturated carbocycles. The summed E-state index contributed by atoms with van der Waals surface area (Å²) in [5.74, 6) is 0.532. The Morgan fingerprint density at radius 1 is 1.00 bits per heavy atom. The minimum Gasteiger partial charge on any atom is -0.355 e. The van der Waals surface area contributed by atoms with Gasteiger partial charge in [0.15, 0.2) is 0 Å². The Balaban J connectivity index is 1.30. The van der Waals surface area contributed by atoms with Crippen LogP contribution < -0.4 is 15.5 Å². The molecule has 2 N–H and O–H groups in total. The van der Waals surface area contributed by atoms with Crippen LogP contribution in [0.3, 0.4) is 0 Å². The number of aromatic nitrogens is 3. The average molecular weight is 416 g/mol. The molecule has 0 unspecified atom stereocenters. The van der Waals surface area contributed by atoms with Gasteiger partial charge in [-0.3, -0.25) is 19.6 Å². The van der Waals surface area contributed by atoms with Crippen molar-refractivity contribution in [3.63, 3.8) is 0 Å². The Morgan fingerprint density at radius 2 is 1.87 bits per heavy atom. The molecule has 1 aliphatic rings. The fourth-order valence-electron chi connectivity index (χ4n) is 3.58. The summed E-state index contributed by atoms with van der Waals surface area (Å²) in [5.41, 5.74) is 1.89. The molecular weight excluding hydrogens is 392 g/mol. The Bertz CT molecular complexity index is 1020. The normalized spacial score (nSPS) is 14.1. The summed E-state index contributed by atoms with van der Waals surface area (Å²) in [6.45, 7) is 1.86. The minimum atomic E-state index is -0.209. The molecule has 8 heteroatoms. The highest BCUT2D eigenvalue weighted by atomic mass is 16.2. The maximum absolute atomic E-state index is 12.7. The number of benzene rings is 1. The number of pyridine rings is 1. The van der Waals surface area contributed by atoms with Gasteiger partial charge in [0, 0.05) is 48.8 Å². The molecule has 3 heterocycles. The first-order valence-corrected chi connectivity index (χ1v) is 10.3. The topological polar surface area (TPSA) is 100 Å². The van der Waals surface area contributed by atoms with E-state index in [1.807, 2.05) is 18.2 Å². The number of piperidine rings is 1. The van der Waals surface area contributed by atoms with Crippen LogP contribution in [0, 0.1) is 5.92 Å². The molecule has 4 rings (SSSR count). The Hall–Kier alpha value is -3.81. The Kier molecular flexibility index (Phi) is 6.47. The maximum Gasteiger partial charge on any atom is 0.251 e. The summed E-state index contributed by atoms with van der Waals surface area (Å²) in [6.07, 6.45) is 8.24. The van der Waals surface area contributed by atoms with Gasteiger partial charge >= 0.3 is 0 Å². The fraction of sp³-hybridized carbons (Fsp3) is 0.261. The van der Waals surface area contributed by atoms with Crippen molar-refractivity contribution in [1.82, 2.24) is 20.3 Å². The molecule has 0 bridgehead atoms. The second-order valence-electron chi connectivity index (χ2n) is 7.40. The molecule has 1 saturated heterocycles. The molecule has 8 nitrogen and oxygen atoms in total. The van der Waals surface area contributed by atoms with Crippen molar-refractivity contribution in [2.24, 2.45) is 5.92 Å². The largest absolute Gasteiger partial charge is 0.355 e. The number of nitrogens with zero attached hydrogens (tertiary/aromatic N) is 4. The van der Waals surface area contributed by atoms with E-state index in [-0.39, 0.29) is 17.7 Å². The highest BCUT2D eigenvalue weighted by molar-refractivity contribution is 5.97. The summed E-state index contributed by atoms with van der Waals surface area (Å²) < 4.78 is 0. The van der Waals surface area contributed by atoms with E-state index in [1.165, 1.54) is 0 Å². The molecule has 0 aliphatic carbocycles. The minimum absolute atomic E-state index is 0.0233. The van der Waals surface area contributed by atoms with Crippen LogP contribution in [-0.2, 0) is 11.3 Å². The second kappa shape index (κ2) is 9.80. The molecule has 1 aromatic carbocycles. The van der Waals surface area contributed by atoms with Crippen LogP contribution >= 0.6 is 0 Å². The van der Waals surface area contributed by atoms with Crippen molar-refractivity contribution in [3.05, 3.63) is 78.5 Å². The molecule has 3 aromatic rings. The first-order valence-electron chi connectivity index (χ1n) is 10.3. The van der Waals surface area contributed by atoms with E-state index in [0.29, 0.717) is 17.8 Å². The van der Waals surface area contributed by atoms with Gasteiger partial charge in [0.25, 0.3) is 5.91 Å². The van der Waals surface area contributed by atoms with E-state index in [2.05, 4.69) is 30.5 Å².